The van der Waals surface area contributed by atoms with Crippen molar-refractivity contribution in [3.63, 3.8) is 0 Å². The van der Waals surface area contributed by atoms with Gasteiger partial charge in [-0.2, -0.15) is 0 Å². The Kier molecular flexibility index (Phi) is 1.34. The van der Waals surface area contributed by atoms with Crippen LogP contribution in [-0.2, 0) is 22.9 Å². The molecule has 0 unspecified atom stereocenters. The van der Waals surface area contributed by atoms with Crippen LogP contribution in [0.15, 0.2) is 0 Å². The number of hydrogen-bond acceptors (Lipinski definition) is 2. The van der Waals surface area contributed by atoms with E-state index in [2.05, 4.69) is 19.5 Å². The molecule has 0 aliphatic carbocycles. The van der Waals surface area contributed by atoms with Crippen molar-refractivity contribution in [1.29, 1.82) is 0 Å². The third kappa shape index (κ3) is 156. The van der Waals surface area contributed by atoms with Gasteiger partial charge < -0.3 is 0 Å². The van der Waals surface area contributed by atoms with E-state index >= 15 is 0 Å². The van der Waals surface area contributed by atoms with Gasteiger partial charge in [-0.3, -0.25) is 0 Å². The van der Waals surface area contributed by atoms with Crippen LogP contribution in [0.4, 0.5) is 0 Å². The molecule has 0 amide bonds. The van der Waals surface area contributed by atoms with Crippen molar-refractivity contribution in [3.8, 4) is 0 Å². The fourth-order valence-corrected chi connectivity index (χ4v) is 0. The van der Waals surface area contributed by atoms with Crippen LogP contribution in [0.25, 0.3) is 0 Å². The molecule has 5 heavy (non-hydrogen) atoms. The zero-order valence-corrected chi connectivity index (χ0v) is 3.92. The molecule has 0 aromatic carbocycles. The van der Waals surface area contributed by atoms with Gasteiger partial charge in [-0.25, -0.2) is 0 Å². The number of hydrogen-bond donors (Lipinski definition) is 1. The first kappa shape index (κ1) is 5.40. The van der Waals surface area contributed by atoms with E-state index in [0.29, 0.717) is 0 Å². The quantitative estimate of drug-likeness (QED) is 0.425. The van der Waals surface area contributed by atoms with E-state index in [4.69, 9.17) is 0 Å². The Hall–Kier alpha value is 0.404. The van der Waals surface area contributed by atoms with Crippen molar-refractivity contribution in [2.45, 2.75) is 0 Å². The summed E-state index contributed by atoms with van der Waals surface area (Å²) in [4.78, 5) is 0. The Morgan fingerprint density at radius 1 is 1.60 bits per heavy atom. The molecule has 0 heterocycles. The topological polar surface area (TPSA) is 60.2 Å². The van der Waals surface area contributed by atoms with Crippen molar-refractivity contribution < 1.29 is 22.8 Å². The SMILES string of the molecule is N[S](=O)(=O)[Ni]. The van der Waals surface area contributed by atoms with E-state index in [1.807, 2.05) is 0 Å². The van der Waals surface area contributed by atoms with Crippen LogP contribution in [0.3, 0.4) is 0 Å². The number of rotatable bonds is 0. The van der Waals surface area contributed by atoms with Crippen molar-refractivity contribution in [2.75, 3.05) is 0 Å². The first-order chi connectivity index (χ1) is 2.00. The predicted octanol–water partition coefficient (Wildman–Crippen LogP) is -1.26. The summed E-state index contributed by atoms with van der Waals surface area (Å²) in [5, 5.41) is 4.16. The second-order valence-corrected chi connectivity index (χ2v) is 3.01. The van der Waals surface area contributed by atoms with Gasteiger partial charge in [0.15, 0.2) is 0 Å². The first-order valence-electron chi connectivity index (χ1n) is 0.698. The summed E-state index contributed by atoms with van der Waals surface area (Å²) in [5.74, 6) is 0. The summed E-state index contributed by atoms with van der Waals surface area (Å²) >= 11 is 3.31. The average molecular weight is 139 g/mol. The van der Waals surface area contributed by atoms with Gasteiger partial charge in [0.25, 0.3) is 0 Å². The molecular formula is H2NNiO2S. The molecule has 0 aliphatic heterocycles. The van der Waals surface area contributed by atoms with Crippen LogP contribution in [0.1, 0.15) is 0 Å². The van der Waals surface area contributed by atoms with Gasteiger partial charge in [0.1, 0.15) is 0 Å². The van der Waals surface area contributed by atoms with Crippen molar-refractivity contribution >= 4 is 8.54 Å². The predicted molar refractivity (Wildman–Crippen MR) is 13.1 cm³/mol. The molecular weight excluding hydrogens is 137 g/mol. The third-order valence-electron chi connectivity index (χ3n) is 0. The van der Waals surface area contributed by atoms with E-state index in [9.17, 15) is 8.42 Å². The van der Waals surface area contributed by atoms with Gasteiger partial charge in [-0.15, -0.1) is 0 Å². The fraction of sp³-hybridized carbons (Fsp3) is 0. The standard InChI is InChI=1S/H2NO2S.Ni/c1-4(2)3;/h(H2,1,2,3);. The molecule has 0 aliphatic rings. The molecule has 0 rings (SSSR count). The van der Waals surface area contributed by atoms with Gasteiger partial charge in [0.2, 0.25) is 0 Å². The molecule has 5 heteroatoms. The van der Waals surface area contributed by atoms with Gasteiger partial charge in [-0.05, 0) is 0 Å². The molecule has 0 aromatic rings. The molecule has 0 bridgehead atoms. The molecule has 0 atom stereocenters. The maximum absolute atomic E-state index is 9.24. The summed E-state index contributed by atoms with van der Waals surface area (Å²) in [6, 6.07) is 0. The van der Waals surface area contributed by atoms with Crippen LogP contribution < -0.4 is 5.14 Å². The minimum absolute atomic E-state index is 3.31. The summed E-state index contributed by atoms with van der Waals surface area (Å²) in [6.45, 7) is 0. The Morgan fingerprint density at radius 3 is 1.60 bits per heavy atom. The molecule has 35 valence electrons. The molecule has 0 saturated carbocycles. The summed E-state index contributed by atoms with van der Waals surface area (Å²) in [5.41, 5.74) is 0. The Labute approximate surface area is 37.1 Å². The second-order valence-electron chi connectivity index (χ2n) is 0.440. The van der Waals surface area contributed by atoms with E-state index in [1.54, 1.807) is 0 Å². The molecule has 0 saturated heterocycles. The normalized spacial score (nSPS) is 11.8. The van der Waals surface area contributed by atoms with E-state index in [0.717, 1.165) is 0 Å². The van der Waals surface area contributed by atoms with Gasteiger partial charge in [0, 0.05) is 0 Å². The van der Waals surface area contributed by atoms with E-state index < -0.39 is 8.54 Å². The van der Waals surface area contributed by atoms with Crippen LogP contribution in [0.5, 0.6) is 0 Å². The van der Waals surface area contributed by atoms with Gasteiger partial charge in [-0.1, -0.05) is 0 Å². The Morgan fingerprint density at radius 2 is 1.60 bits per heavy atom. The Balaban J connectivity index is 4.06. The van der Waals surface area contributed by atoms with E-state index in [1.165, 1.54) is 0 Å². The molecule has 0 aromatic heterocycles. The summed E-state index contributed by atoms with van der Waals surface area (Å²) in [6.07, 6.45) is 0. The number of nitrogens with two attached hydrogens (primary N) is 1. The first-order valence-corrected chi connectivity index (χ1v) is 3.30. The van der Waals surface area contributed by atoms with Crippen molar-refractivity contribution in [1.82, 2.24) is 0 Å². The molecule has 0 radical (unpaired) electrons. The third-order valence-corrected chi connectivity index (χ3v) is 0. The summed E-state index contributed by atoms with van der Waals surface area (Å²) in [7, 11) is -3.54. The minimum atomic E-state index is -3.54. The van der Waals surface area contributed by atoms with Gasteiger partial charge in [0.05, 0.1) is 0 Å². The van der Waals surface area contributed by atoms with Crippen LogP contribution in [0.2, 0.25) is 0 Å². The van der Waals surface area contributed by atoms with E-state index in [-0.39, 0.29) is 0 Å². The average Bonchev–Trinajstić information content (AvgIpc) is 0.722. The van der Waals surface area contributed by atoms with Crippen LogP contribution in [-0.4, -0.2) is 8.42 Å². The molecule has 0 fully saturated rings. The zero-order chi connectivity index (χ0) is 4.50. The van der Waals surface area contributed by atoms with Crippen LogP contribution >= 0.6 is 0 Å². The summed E-state index contributed by atoms with van der Waals surface area (Å²) < 4.78 is 18.5. The van der Waals surface area contributed by atoms with Crippen molar-refractivity contribution in [3.05, 3.63) is 0 Å². The second kappa shape index (κ2) is 1.24. The maximum atomic E-state index is 9.24. The van der Waals surface area contributed by atoms with Gasteiger partial charge >= 0.3 is 36.5 Å². The molecule has 2 N–H and O–H groups in total. The monoisotopic (exact) mass is 138 g/mol. The zero-order valence-electron chi connectivity index (χ0n) is 2.12. The van der Waals surface area contributed by atoms with Crippen LogP contribution in [0, 0.1) is 0 Å². The van der Waals surface area contributed by atoms with Crippen molar-refractivity contribution in [2.24, 2.45) is 5.14 Å². The molecule has 0 spiro atoms. The Bertz CT molecular complexity index is 92.8. The fourth-order valence-electron chi connectivity index (χ4n) is 0. The molecule has 3 nitrogen and oxygen atoms in total.